The highest BCUT2D eigenvalue weighted by Gasteiger charge is 2.27. The number of sulfonamides is 1. The van der Waals surface area contributed by atoms with E-state index in [-0.39, 0.29) is 17.5 Å². The summed E-state index contributed by atoms with van der Waals surface area (Å²) in [6, 6.07) is 3.90. The zero-order valence-corrected chi connectivity index (χ0v) is 13.6. The minimum atomic E-state index is -3.81. The van der Waals surface area contributed by atoms with E-state index in [0.717, 1.165) is 25.7 Å². The van der Waals surface area contributed by atoms with Crippen LogP contribution < -0.4 is 10.5 Å². The van der Waals surface area contributed by atoms with Crippen LogP contribution in [0.15, 0.2) is 23.1 Å². The predicted molar refractivity (Wildman–Crippen MR) is 84.2 cm³/mol. The van der Waals surface area contributed by atoms with Crippen molar-refractivity contribution in [1.82, 2.24) is 4.72 Å². The molecule has 0 atom stereocenters. The molecule has 4 nitrogen and oxygen atoms in total. The van der Waals surface area contributed by atoms with Gasteiger partial charge in [0.05, 0.1) is 0 Å². The Hall–Kier alpha value is -0.630. The third-order valence-corrected chi connectivity index (χ3v) is 6.54. The van der Waals surface area contributed by atoms with Gasteiger partial charge in [-0.3, -0.25) is 0 Å². The van der Waals surface area contributed by atoms with Crippen LogP contribution >= 0.6 is 11.8 Å². The summed E-state index contributed by atoms with van der Waals surface area (Å²) in [4.78, 5) is -0.299. The molecule has 3 N–H and O–H groups in total. The van der Waals surface area contributed by atoms with Crippen molar-refractivity contribution in [3.8, 4) is 0 Å². The molecule has 1 aromatic rings. The van der Waals surface area contributed by atoms with Crippen molar-refractivity contribution in [3.63, 3.8) is 0 Å². The molecule has 21 heavy (non-hydrogen) atoms. The zero-order chi connectivity index (χ0) is 15.5. The Bertz CT molecular complexity index is 585. The third kappa shape index (κ3) is 4.18. The maximum absolute atomic E-state index is 13.9. The predicted octanol–water partition coefficient (Wildman–Crippen LogP) is 2.24. The summed E-state index contributed by atoms with van der Waals surface area (Å²) in [5.41, 5.74) is 6.00. The lowest BCUT2D eigenvalue weighted by atomic mass is 9.96. The quantitative estimate of drug-likeness (QED) is 0.867. The highest BCUT2D eigenvalue weighted by molar-refractivity contribution is 7.99. The normalized spacial score (nSPS) is 23.2. The van der Waals surface area contributed by atoms with E-state index in [0.29, 0.717) is 10.8 Å². The van der Waals surface area contributed by atoms with Gasteiger partial charge in [-0.2, -0.15) is 11.8 Å². The molecule has 2 rings (SSSR count). The summed E-state index contributed by atoms with van der Waals surface area (Å²) >= 11 is 1.82. The van der Waals surface area contributed by atoms with Crippen LogP contribution in [0.4, 0.5) is 4.39 Å². The van der Waals surface area contributed by atoms with Crippen molar-refractivity contribution < 1.29 is 12.8 Å². The van der Waals surface area contributed by atoms with E-state index in [4.69, 9.17) is 5.73 Å². The molecule has 0 amide bonds. The summed E-state index contributed by atoms with van der Waals surface area (Å²) in [5, 5.41) is 0.603. The van der Waals surface area contributed by atoms with Crippen molar-refractivity contribution in [3.05, 3.63) is 29.6 Å². The highest BCUT2D eigenvalue weighted by Crippen LogP contribution is 2.28. The van der Waals surface area contributed by atoms with Gasteiger partial charge in [-0.25, -0.2) is 17.5 Å². The minimum Gasteiger partial charge on any atom is -0.326 e. The number of hydrogen-bond acceptors (Lipinski definition) is 4. The van der Waals surface area contributed by atoms with Gasteiger partial charge >= 0.3 is 0 Å². The van der Waals surface area contributed by atoms with Crippen LogP contribution in [0.3, 0.4) is 0 Å². The Labute approximate surface area is 129 Å². The molecular formula is C14H21FN2O2S2. The number of rotatable bonds is 5. The van der Waals surface area contributed by atoms with Gasteiger partial charge in [-0.15, -0.1) is 0 Å². The van der Waals surface area contributed by atoms with E-state index in [1.165, 1.54) is 12.1 Å². The van der Waals surface area contributed by atoms with Crippen LogP contribution in [0, 0.1) is 5.82 Å². The number of nitrogens with one attached hydrogen (secondary N) is 1. The van der Waals surface area contributed by atoms with Gasteiger partial charge in [-0.1, -0.05) is 6.07 Å². The maximum atomic E-state index is 13.9. The summed E-state index contributed by atoms with van der Waals surface area (Å²) in [7, 11) is -3.81. The number of thioether (sulfide) groups is 1. The highest BCUT2D eigenvalue weighted by atomic mass is 32.2. The number of nitrogens with two attached hydrogens (primary N) is 1. The fourth-order valence-corrected chi connectivity index (χ4v) is 4.70. The molecular weight excluding hydrogens is 311 g/mol. The van der Waals surface area contributed by atoms with Crippen LogP contribution in [-0.2, 0) is 16.6 Å². The third-order valence-electron chi connectivity index (χ3n) is 3.85. The smallest absolute Gasteiger partial charge is 0.243 e. The second-order valence-corrected chi connectivity index (χ2v) is 8.12. The molecule has 0 spiro atoms. The second-order valence-electron chi connectivity index (χ2n) is 5.30. The largest absolute Gasteiger partial charge is 0.326 e. The maximum Gasteiger partial charge on any atom is 0.243 e. The summed E-state index contributed by atoms with van der Waals surface area (Å²) in [6.07, 6.45) is 5.65. The molecule has 0 heterocycles. The molecule has 1 fully saturated rings. The lowest BCUT2D eigenvalue weighted by Crippen LogP contribution is -2.38. The first kappa shape index (κ1) is 16.7. The molecule has 1 aliphatic rings. The number of benzene rings is 1. The first-order valence-electron chi connectivity index (χ1n) is 7.00. The van der Waals surface area contributed by atoms with Crippen molar-refractivity contribution in [1.29, 1.82) is 0 Å². The SMILES string of the molecule is CSC1CCC(NS(=O)(=O)c2ccc(CN)cc2F)CC1. The molecule has 118 valence electrons. The van der Waals surface area contributed by atoms with Gasteiger partial charge in [0.25, 0.3) is 0 Å². The van der Waals surface area contributed by atoms with Crippen molar-refractivity contribution in [2.45, 2.75) is 48.4 Å². The minimum absolute atomic E-state index is 0.105. The average Bonchev–Trinajstić information content (AvgIpc) is 2.47. The number of hydrogen-bond donors (Lipinski definition) is 2. The summed E-state index contributed by atoms with van der Waals surface area (Å²) in [5.74, 6) is -0.747. The average molecular weight is 332 g/mol. The molecule has 0 aromatic heterocycles. The van der Waals surface area contributed by atoms with Gasteiger partial charge in [0.15, 0.2) is 0 Å². The Balaban J connectivity index is 2.08. The van der Waals surface area contributed by atoms with Gasteiger partial charge in [0.1, 0.15) is 10.7 Å². The van der Waals surface area contributed by atoms with E-state index >= 15 is 0 Å². The second kappa shape index (κ2) is 7.09. The molecule has 7 heteroatoms. The fourth-order valence-electron chi connectivity index (χ4n) is 2.59. The topological polar surface area (TPSA) is 72.2 Å². The van der Waals surface area contributed by atoms with Gasteiger partial charge in [-0.05, 0) is 49.6 Å². The molecule has 0 unspecified atom stereocenters. The summed E-state index contributed by atoms with van der Waals surface area (Å²) in [6.45, 7) is 0.184. The molecule has 0 aliphatic heterocycles. The Kier molecular flexibility index (Phi) is 5.65. The Morgan fingerprint density at radius 2 is 2.00 bits per heavy atom. The summed E-state index contributed by atoms with van der Waals surface area (Å²) < 4.78 is 41.1. The van der Waals surface area contributed by atoms with Crippen molar-refractivity contribution in [2.24, 2.45) is 5.73 Å². The van der Waals surface area contributed by atoms with Crippen LogP contribution in [0.1, 0.15) is 31.2 Å². The number of halogens is 1. The standard InChI is InChI=1S/C14H21FN2O2S2/c1-20-12-5-3-11(4-6-12)17-21(18,19)14-7-2-10(9-16)8-13(14)15/h2,7-8,11-12,17H,3-6,9,16H2,1H3. The van der Waals surface area contributed by atoms with Crippen LogP contribution in [0.5, 0.6) is 0 Å². The van der Waals surface area contributed by atoms with Crippen molar-refractivity contribution in [2.75, 3.05) is 6.26 Å². The Morgan fingerprint density at radius 3 is 2.52 bits per heavy atom. The van der Waals surface area contributed by atoms with E-state index in [2.05, 4.69) is 11.0 Å². The van der Waals surface area contributed by atoms with Crippen LogP contribution in [-0.4, -0.2) is 26.0 Å². The van der Waals surface area contributed by atoms with Gasteiger partial charge in [0.2, 0.25) is 10.0 Å². The van der Waals surface area contributed by atoms with Gasteiger partial charge in [0, 0.05) is 17.8 Å². The molecule has 1 aliphatic carbocycles. The fraction of sp³-hybridized carbons (Fsp3) is 0.571. The van der Waals surface area contributed by atoms with Crippen LogP contribution in [0.25, 0.3) is 0 Å². The monoisotopic (exact) mass is 332 g/mol. The van der Waals surface area contributed by atoms with Gasteiger partial charge < -0.3 is 5.73 Å². The molecule has 0 bridgehead atoms. The van der Waals surface area contributed by atoms with E-state index in [1.807, 2.05) is 11.8 Å². The molecule has 1 saturated carbocycles. The van der Waals surface area contributed by atoms with E-state index in [9.17, 15) is 12.8 Å². The lowest BCUT2D eigenvalue weighted by molar-refractivity contribution is 0.419. The molecule has 0 radical (unpaired) electrons. The lowest BCUT2D eigenvalue weighted by Gasteiger charge is -2.27. The zero-order valence-electron chi connectivity index (χ0n) is 12.0. The molecule has 1 aromatic carbocycles. The van der Waals surface area contributed by atoms with Crippen molar-refractivity contribution >= 4 is 21.8 Å². The molecule has 0 saturated heterocycles. The van der Waals surface area contributed by atoms with E-state index in [1.54, 1.807) is 6.07 Å². The Morgan fingerprint density at radius 1 is 1.33 bits per heavy atom. The van der Waals surface area contributed by atoms with E-state index < -0.39 is 15.8 Å². The first-order chi connectivity index (χ1) is 9.96. The van der Waals surface area contributed by atoms with Crippen LogP contribution in [0.2, 0.25) is 0 Å². The first-order valence-corrected chi connectivity index (χ1v) is 9.77.